The summed E-state index contributed by atoms with van der Waals surface area (Å²) in [5.41, 5.74) is 2.36. The normalized spacial score (nSPS) is 11.2. The third kappa shape index (κ3) is 2.09. The van der Waals surface area contributed by atoms with Gasteiger partial charge < -0.3 is 4.98 Å². The molecule has 0 unspecified atom stereocenters. The van der Waals surface area contributed by atoms with Gasteiger partial charge in [0.15, 0.2) is 11.0 Å². The average molecular weight is 287 g/mol. The first-order chi connectivity index (χ1) is 9.58. The second-order valence-corrected chi connectivity index (χ2v) is 5.27. The zero-order valence-corrected chi connectivity index (χ0v) is 12.2. The van der Waals surface area contributed by atoms with Crippen LogP contribution in [0.15, 0.2) is 28.3 Å². The van der Waals surface area contributed by atoms with E-state index in [1.165, 1.54) is 18.0 Å². The van der Waals surface area contributed by atoms with Crippen molar-refractivity contribution in [2.75, 3.05) is 6.26 Å². The van der Waals surface area contributed by atoms with Gasteiger partial charge in [-0.1, -0.05) is 11.8 Å². The van der Waals surface area contributed by atoms with E-state index in [2.05, 4.69) is 20.1 Å². The Balaban J connectivity index is 2.24. The topological polar surface area (TPSA) is 76.5 Å². The van der Waals surface area contributed by atoms with Crippen molar-refractivity contribution in [3.63, 3.8) is 0 Å². The fourth-order valence-corrected chi connectivity index (χ4v) is 2.46. The third-order valence-corrected chi connectivity index (χ3v) is 3.55. The molecule has 0 bridgehead atoms. The number of aryl methyl sites for hydroxylation is 2. The van der Waals surface area contributed by atoms with E-state index in [1.807, 2.05) is 26.2 Å². The van der Waals surface area contributed by atoms with Crippen LogP contribution in [0.1, 0.15) is 11.4 Å². The van der Waals surface area contributed by atoms with E-state index in [-0.39, 0.29) is 5.56 Å². The van der Waals surface area contributed by atoms with Crippen LogP contribution in [0.25, 0.3) is 16.7 Å². The molecule has 3 aromatic heterocycles. The molecular weight excluding hydrogens is 274 g/mol. The van der Waals surface area contributed by atoms with Gasteiger partial charge in [0, 0.05) is 18.0 Å². The lowest BCUT2D eigenvalue weighted by molar-refractivity contribution is 0.806. The highest BCUT2D eigenvalue weighted by atomic mass is 32.2. The van der Waals surface area contributed by atoms with Crippen molar-refractivity contribution < 1.29 is 0 Å². The fourth-order valence-electron chi connectivity index (χ4n) is 2.08. The Morgan fingerprint density at radius 1 is 1.30 bits per heavy atom. The number of hydrogen-bond donors (Lipinski definition) is 1. The summed E-state index contributed by atoms with van der Waals surface area (Å²) in [4.78, 5) is 23.3. The average Bonchev–Trinajstić information content (AvgIpc) is 2.77. The predicted octanol–water partition coefficient (Wildman–Crippen LogP) is 1.84. The van der Waals surface area contributed by atoms with Crippen LogP contribution in [-0.4, -0.2) is 31.0 Å². The number of aromatic nitrogens is 5. The maximum Gasteiger partial charge on any atom is 0.260 e. The van der Waals surface area contributed by atoms with Crippen molar-refractivity contribution in [1.29, 1.82) is 0 Å². The van der Waals surface area contributed by atoms with Gasteiger partial charge in [-0.3, -0.25) is 4.79 Å². The Kier molecular flexibility index (Phi) is 3.06. The smallest absolute Gasteiger partial charge is 0.260 e. The second-order valence-electron chi connectivity index (χ2n) is 4.47. The number of H-pyrrole nitrogens is 1. The predicted molar refractivity (Wildman–Crippen MR) is 78.5 cm³/mol. The standard InChI is InChI=1S/C13H13N5OS/c1-7-4-8(2)18(17-7)11-5-10-9(6-14-11)12(19)16-13(15-10)20-3/h4-6H,1-3H3,(H,15,16,19). The van der Waals surface area contributed by atoms with Crippen LogP contribution >= 0.6 is 11.8 Å². The molecule has 1 N–H and O–H groups in total. The van der Waals surface area contributed by atoms with E-state index in [9.17, 15) is 4.79 Å². The molecule has 0 radical (unpaired) electrons. The van der Waals surface area contributed by atoms with Gasteiger partial charge in [0.05, 0.1) is 16.6 Å². The molecule has 3 aromatic rings. The number of nitrogens with one attached hydrogen (secondary N) is 1. The first kappa shape index (κ1) is 12.9. The highest BCUT2D eigenvalue weighted by Gasteiger charge is 2.09. The van der Waals surface area contributed by atoms with E-state index in [1.54, 1.807) is 10.7 Å². The number of fused-ring (bicyclic) bond motifs is 1. The SMILES string of the molecule is CSc1nc2cc(-n3nc(C)cc3C)ncc2c(=O)[nH]1. The van der Waals surface area contributed by atoms with Gasteiger partial charge >= 0.3 is 0 Å². The lowest BCUT2D eigenvalue weighted by Gasteiger charge is -2.05. The van der Waals surface area contributed by atoms with Crippen LogP contribution < -0.4 is 5.56 Å². The summed E-state index contributed by atoms with van der Waals surface area (Å²) in [7, 11) is 0. The van der Waals surface area contributed by atoms with E-state index < -0.39 is 0 Å². The second kappa shape index (κ2) is 4.75. The van der Waals surface area contributed by atoms with E-state index in [4.69, 9.17) is 0 Å². The molecule has 0 spiro atoms. The van der Waals surface area contributed by atoms with E-state index in [0.717, 1.165) is 11.4 Å². The highest BCUT2D eigenvalue weighted by molar-refractivity contribution is 7.98. The summed E-state index contributed by atoms with van der Waals surface area (Å²) >= 11 is 1.40. The van der Waals surface area contributed by atoms with Crippen LogP contribution in [0.5, 0.6) is 0 Å². The Morgan fingerprint density at radius 2 is 2.10 bits per heavy atom. The maximum atomic E-state index is 11.9. The lowest BCUT2D eigenvalue weighted by atomic mass is 10.3. The summed E-state index contributed by atoms with van der Waals surface area (Å²) < 4.78 is 1.75. The summed E-state index contributed by atoms with van der Waals surface area (Å²) in [5.74, 6) is 0.660. The fraction of sp³-hybridized carbons (Fsp3) is 0.231. The largest absolute Gasteiger partial charge is 0.301 e. The Morgan fingerprint density at radius 3 is 2.75 bits per heavy atom. The highest BCUT2D eigenvalue weighted by Crippen LogP contribution is 2.15. The van der Waals surface area contributed by atoms with Crippen molar-refractivity contribution in [1.82, 2.24) is 24.7 Å². The quantitative estimate of drug-likeness (QED) is 0.575. The molecule has 0 amide bonds. The van der Waals surface area contributed by atoms with Gasteiger partial charge in [-0.2, -0.15) is 5.10 Å². The summed E-state index contributed by atoms with van der Waals surface area (Å²) in [6.07, 6.45) is 3.41. The van der Waals surface area contributed by atoms with Crippen LogP contribution in [0.3, 0.4) is 0 Å². The van der Waals surface area contributed by atoms with Crippen molar-refractivity contribution in [2.45, 2.75) is 19.0 Å². The van der Waals surface area contributed by atoms with Gasteiger partial charge in [0.1, 0.15) is 0 Å². The summed E-state index contributed by atoms with van der Waals surface area (Å²) in [6.45, 7) is 3.89. The Bertz CT molecular complexity index is 852. The maximum absolute atomic E-state index is 11.9. The van der Waals surface area contributed by atoms with Crippen LogP contribution in [0.4, 0.5) is 0 Å². The molecule has 0 aliphatic carbocycles. The van der Waals surface area contributed by atoms with Crippen molar-refractivity contribution in [3.8, 4) is 5.82 Å². The summed E-state index contributed by atoms with van der Waals surface area (Å²) in [6, 6.07) is 3.76. The number of rotatable bonds is 2. The lowest BCUT2D eigenvalue weighted by Crippen LogP contribution is -2.11. The molecule has 0 aliphatic heterocycles. The van der Waals surface area contributed by atoms with Crippen LogP contribution in [0.2, 0.25) is 0 Å². The molecule has 0 aliphatic rings. The summed E-state index contributed by atoms with van der Waals surface area (Å²) in [5, 5.41) is 5.46. The van der Waals surface area contributed by atoms with E-state index in [0.29, 0.717) is 21.9 Å². The molecule has 0 saturated carbocycles. The van der Waals surface area contributed by atoms with Gasteiger partial charge in [-0.15, -0.1) is 0 Å². The number of nitrogens with zero attached hydrogens (tertiary/aromatic N) is 4. The molecular formula is C13H13N5OS. The van der Waals surface area contributed by atoms with Crippen molar-refractivity contribution in [3.05, 3.63) is 40.1 Å². The Hall–Kier alpha value is -2.15. The molecule has 102 valence electrons. The van der Waals surface area contributed by atoms with Crippen LogP contribution in [-0.2, 0) is 0 Å². The zero-order valence-electron chi connectivity index (χ0n) is 11.3. The van der Waals surface area contributed by atoms with Gasteiger partial charge in [0.2, 0.25) is 0 Å². The molecule has 0 aromatic carbocycles. The molecule has 0 saturated heterocycles. The molecule has 6 nitrogen and oxygen atoms in total. The molecule has 3 heterocycles. The number of pyridine rings is 1. The van der Waals surface area contributed by atoms with Gasteiger partial charge in [-0.05, 0) is 26.2 Å². The monoisotopic (exact) mass is 287 g/mol. The van der Waals surface area contributed by atoms with Crippen molar-refractivity contribution >= 4 is 22.7 Å². The number of thioether (sulfide) groups is 1. The third-order valence-electron chi connectivity index (χ3n) is 2.97. The molecule has 3 rings (SSSR count). The molecule has 20 heavy (non-hydrogen) atoms. The number of aromatic amines is 1. The molecule has 0 fully saturated rings. The molecule has 7 heteroatoms. The van der Waals surface area contributed by atoms with Gasteiger partial charge in [0.25, 0.3) is 5.56 Å². The minimum absolute atomic E-state index is 0.174. The first-order valence-corrected chi connectivity index (χ1v) is 7.28. The van der Waals surface area contributed by atoms with Crippen LogP contribution in [0, 0.1) is 13.8 Å². The molecule has 0 atom stereocenters. The minimum atomic E-state index is -0.174. The number of hydrogen-bond acceptors (Lipinski definition) is 5. The zero-order chi connectivity index (χ0) is 14.3. The first-order valence-electron chi connectivity index (χ1n) is 6.06. The van der Waals surface area contributed by atoms with Gasteiger partial charge in [-0.25, -0.2) is 14.6 Å². The van der Waals surface area contributed by atoms with E-state index >= 15 is 0 Å². The Labute approximate surface area is 119 Å². The van der Waals surface area contributed by atoms with Crippen molar-refractivity contribution in [2.24, 2.45) is 0 Å². The minimum Gasteiger partial charge on any atom is -0.301 e.